The summed E-state index contributed by atoms with van der Waals surface area (Å²) in [5.74, 6) is -4.12. The van der Waals surface area contributed by atoms with Crippen LogP contribution >= 0.6 is 0 Å². The first kappa shape index (κ1) is 35.7. The number of carboxylic acids is 1. The van der Waals surface area contributed by atoms with Gasteiger partial charge in [0.2, 0.25) is 11.9 Å². The Labute approximate surface area is 264 Å². The zero-order valence-corrected chi connectivity index (χ0v) is 25.9. The number of benzene rings is 2. The lowest BCUT2D eigenvalue weighted by Crippen LogP contribution is -2.40. The number of aromatic carboxylic acids is 1. The molecule has 1 amide bonds. The van der Waals surface area contributed by atoms with Gasteiger partial charge in [-0.2, -0.15) is 26.3 Å². The van der Waals surface area contributed by atoms with E-state index in [4.69, 9.17) is 4.74 Å². The third-order valence-electron chi connectivity index (χ3n) is 8.06. The zero-order chi connectivity index (χ0) is 35.1. The molecule has 47 heavy (non-hydrogen) atoms. The van der Waals surface area contributed by atoms with E-state index in [1.807, 2.05) is 0 Å². The van der Waals surface area contributed by atoms with Crippen molar-refractivity contribution in [3.05, 3.63) is 47.0 Å². The molecule has 3 aromatic rings. The van der Waals surface area contributed by atoms with Crippen LogP contribution in [0.1, 0.15) is 67.9 Å². The van der Waals surface area contributed by atoms with Crippen LogP contribution in [0.15, 0.2) is 30.3 Å². The highest BCUT2D eigenvalue weighted by atomic mass is 19.4. The predicted octanol–water partition coefficient (Wildman–Crippen LogP) is 7.86. The van der Waals surface area contributed by atoms with Gasteiger partial charge in [0.25, 0.3) is 6.43 Å². The van der Waals surface area contributed by atoms with E-state index in [0.717, 1.165) is 18.2 Å². The number of ether oxygens (including phenoxy) is 1. The van der Waals surface area contributed by atoms with Gasteiger partial charge in [-0.3, -0.25) is 4.79 Å². The van der Waals surface area contributed by atoms with E-state index < -0.39 is 71.3 Å². The van der Waals surface area contributed by atoms with Gasteiger partial charge in [-0.25, -0.2) is 18.6 Å². The number of aryl methyl sites for hydroxylation is 1. The van der Waals surface area contributed by atoms with E-state index >= 15 is 0 Å². The minimum absolute atomic E-state index is 0.0274. The van der Waals surface area contributed by atoms with Crippen molar-refractivity contribution < 1.29 is 54.6 Å². The summed E-state index contributed by atoms with van der Waals surface area (Å²) in [7, 11) is 1.40. The second-order valence-electron chi connectivity index (χ2n) is 12.5. The minimum Gasteiger partial charge on any atom is -0.487 e. The molecule has 16 heteroatoms. The normalized spacial score (nSPS) is 17.6. The molecule has 2 N–H and O–H groups in total. The number of halogens is 8. The number of aromatic nitrogens is 2. The van der Waals surface area contributed by atoms with E-state index in [-0.39, 0.29) is 60.7 Å². The fourth-order valence-corrected chi connectivity index (χ4v) is 5.56. The van der Waals surface area contributed by atoms with Crippen LogP contribution in [0.5, 0.6) is 5.75 Å². The SMILES string of the molecule is Cn1c(N(c2cc(CNC(=O)C(C)(C)C)ccc2C(F)(F)F)[C@H]2CC[C@H](C(F)(F)F)CC2)nc2cc(C(=O)O)c(OCC(F)F)cc21. The van der Waals surface area contributed by atoms with Gasteiger partial charge >= 0.3 is 18.3 Å². The maximum Gasteiger partial charge on any atom is 0.418 e. The van der Waals surface area contributed by atoms with Crippen LogP contribution in [-0.2, 0) is 24.6 Å². The second-order valence-corrected chi connectivity index (χ2v) is 12.5. The first-order valence-corrected chi connectivity index (χ1v) is 14.7. The topological polar surface area (TPSA) is 96.7 Å². The Morgan fingerprint density at radius 2 is 1.68 bits per heavy atom. The number of alkyl halides is 8. The molecule has 0 aliphatic heterocycles. The number of rotatable bonds is 9. The lowest BCUT2D eigenvalue weighted by atomic mass is 9.84. The van der Waals surface area contributed by atoms with Crippen LogP contribution in [0.4, 0.5) is 46.8 Å². The largest absolute Gasteiger partial charge is 0.487 e. The molecular formula is C31H34F8N4O4. The molecule has 0 unspecified atom stereocenters. The average Bonchev–Trinajstić information content (AvgIpc) is 3.27. The van der Waals surface area contributed by atoms with Crippen molar-refractivity contribution in [2.45, 2.75) is 77.8 Å². The smallest absolute Gasteiger partial charge is 0.418 e. The molecule has 1 aliphatic carbocycles. The fraction of sp³-hybridized carbons (Fsp3) is 0.516. The number of carbonyl (C=O) groups is 2. The number of imidazole rings is 1. The van der Waals surface area contributed by atoms with Crippen LogP contribution in [0, 0.1) is 11.3 Å². The van der Waals surface area contributed by atoms with Gasteiger partial charge in [0.15, 0.2) is 0 Å². The summed E-state index contributed by atoms with van der Waals surface area (Å²) in [5, 5.41) is 12.4. The van der Waals surface area contributed by atoms with Crippen LogP contribution in [-0.4, -0.2) is 51.8 Å². The Kier molecular flexibility index (Phi) is 10.0. The van der Waals surface area contributed by atoms with Gasteiger partial charge in [0, 0.05) is 31.1 Å². The summed E-state index contributed by atoms with van der Waals surface area (Å²) >= 11 is 0. The maximum atomic E-state index is 14.5. The fourth-order valence-electron chi connectivity index (χ4n) is 5.56. The summed E-state index contributed by atoms with van der Waals surface area (Å²) in [5.41, 5.74) is -2.49. The number of hydrogen-bond donors (Lipinski definition) is 2. The van der Waals surface area contributed by atoms with Crippen LogP contribution in [0.2, 0.25) is 0 Å². The van der Waals surface area contributed by atoms with Gasteiger partial charge in [-0.05, 0) is 49.4 Å². The number of fused-ring (bicyclic) bond motifs is 1. The molecule has 2 aromatic carbocycles. The number of anilines is 2. The molecule has 0 bridgehead atoms. The molecule has 258 valence electrons. The third kappa shape index (κ3) is 8.07. The van der Waals surface area contributed by atoms with Gasteiger partial charge in [0.1, 0.15) is 17.9 Å². The van der Waals surface area contributed by atoms with Crippen molar-refractivity contribution in [1.82, 2.24) is 14.9 Å². The summed E-state index contributed by atoms with van der Waals surface area (Å²) in [6.07, 6.45) is -13.4. The first-order valence-electron chi connectivity index (χ1n) is 14.7. The Balaban J connectivity index is 1.91. The Morgan fingerprint density at radius 1 is 1.04 bits per heavy atom. The molecule has 1 heterocycles. The number of carbonyl (C=O) groups excluding carboxylic acids is 1. The number of nitrogens with zero attached hydrogens (tertiary/aromatic N) is 3. The van der Waals surface area contributed by atoms with E-state index in [2.05, 4.69) is 10.3 Å². The molecule has 0 radical (unpaired) electrons. The monoisotopic (exact) mass is 678 g/mol. The standard InChI is InChI=1S/C31H34F8N4O4/c1-29(2,3)27(46)40-14-16-5-10-20(31(37,38)39)22(11-16)43(18-8-6-17(7-9-18)30(34,35)36)28-41-21-12-19(26(44)45)24(47-15-25(32)33)13-23(21)42(28)4/h5,10-13,17-18,25H,6-9,14-15H2,1-4H3,(H,40,46)(H,44,45)/t17-,18-. The molecule has 1 aromatic heterocycles. The number of hydrogen-bond acceptors (Lipinski definition) is 5. The molecule has 0 spiro atoms. The Hall–Kier alpha value is -4.11. The number of amides is 1. The maximum absolute atomic E-state index is 14.5. The molecule has 1 fully saturated rings. The van der Waals surface area contributed by atoms with Gasteiger partial charge < -0.3 is 24.6 Å². The highest BCUT2D eigenvalue weighted by Crippen LogP contribution is 2.46. The van der Waals surface area contributed by atoms with E-state index in [1.54, 1.807) is 20.8 Å². The molecule has 1 aliphatic rings. The van der Waals surface area contributed by atoms with Crippen LogP contribution in [0.3, 0.4) is 0 Å². The summed E-state index contributed by atoms with van der Waals surface area (Å²) in [6, 6.07) is 4.46. The van der Waals surface area contributed by atoms with Crippen LogP contribution < -0.4 is 15.0 Å². The predicted molar refractivity (Wildman–Crippen MR) is 156 cm³/mol. The summed E-state index contributed by atoms with van der Waals surface area (Å²) < 4.78 is 116. The Morgan fingerprint density at radius 3 is 2.21 bits per heavy atom. The number of carboxylic acid groups (broad SMARTS) is 1. The van der Waals surface area contributed by atoms with E-state index in [0.29, 0.717) is 0 Å². The van der Waals surface area contributed by atoms with Crippen molar-refractivity contribution in [3.63, 3.8) is 0 Å². The second kappa shape index (κ2) is 13.2. The van der Waals surface area contributed by atoms with E-state index in [1.165, 1.54) is 28.6 Å². The molecular weight excluding hydrogens is 644 g/mol. The Bertz CT molecular complexity index is 1620. The molecule has 0 saturated heterocycles. The molecule has 4 rings (SSSR count). The van der Waals surface area contributed by atoms with Crippen molar-refractivity contribution in [2.24, 2.45) is 18.4 Å². The van der Waals surface area contributed by atoms with E-state index in [9.17, 15) is 49.8 Å². The first-order chi connectivity index (χ1) is 21.7. The van der Waals surface area contributed by atoms with Gasteiger partial charge in [0.05, 0.1) is 28.2 Å². The lowest BCUT2D eigenvalue weighted by Gasteiger charge is -2.39. The third-order valence-corrected chi connectivity index (χ3v) is 8.06. The van der Waals surface area contributed by atoms with Gasteiger partial charge in [-0.15, -0.1) is 0 Å². The molecule has 0 atom stereocenters. The summed E-state index contributed by atoms with van der Waals surface area (Å²) in [4.78, 5) is 30.0. The minimum atomic E-state index is -4.92. The van der Waals surface area contributed by atoms with Crippen molar-refractivity contribution in [1.29, 1.82) is 0 Å². The molecule has 1 saturated carbocycles. The molecule has 8 nitrogen and oxygen atoms in total. The van der Waals surface area contributed by atoms with Crippen molar-refractivity contribution in [3.8, 4) is 5.75 Å². The highest BCUT2D eigenvalue weighted by Gasteiger charge is 2.44. The lowest BCUT2D eigenvalue weighted by molar-refractivity contribution is -0.182. The highest BCUT2D eigenvalue weighted by molar-refractivity contribution is 5.96. The number of nitrogens with one attached hydrogen (secondary N) is 1. The van der Waals surface area contributed by atoms with Gasteiger partial charge in [-0.1, -0.05) is 26.8 Å². The van der Waals surface area contributed by atoms with Crippen molar-refractivity contribution in [2.75, 3.05) is 11.5 Å². The summed E-state index contributed by atoms with van der Waals surface area (Å²) in [6.45, 7) is 3.70. The quantitative estimate of drug-likeness (QED) is 0.224. The zero-order valence-electron chi connectivity index (χ0n) is 25.9. The average molecular weight is 679 g/mol. The van der Waals surface area contributed by atoms with Crippen molar-refractivity contribution >= 4 is 34.5 Å². The van der Waals surface area contributed by atoms with Crippen LogP contribution in [0.25, 0.3) is 11.0 Å².